The van der Waals surface area contributed by atoms with E-state index in [1.165, 1.54) is 16.0 Å². The molecule has 0 fully saturated rings. The van der Waals surface area contributed by atoms with Gasteiger partial charge in [-0.1, -0.05) is 45.9 Å². The summed E-state index contributed by atoms with van der Waals surface area (Å²) in [4.78, 5) is 3.90. The highest BCUT2D eigenvalue weighted by molar-refractivity contribution is 8.35. The maximum Gasteiger partial charge on any atom is 0.131 e. The van der Waals surface area contributed by atoms with Gasteiger partial charge in [-0.3, -0.25) is 0 Å². The number of benzene rings is 1. The van der Waals surface area contributed by atoms with Crippen molar-refractivity contribution in [2.45, 2.75) is 66.0 Å². The largest absolute Gasteiger partial charge is 0.363 e. The number of fused-ring (bicyclic) bond motifs is 3. The molecule has 2 aliphatic rings. The second-order valence-corrected chi connectivity index (χ2v) is 14.5. The number of hydrogen-bond acceptors (Lipinski definition) is 1. The van der Waals surface area contributed by atoms with Crippen LogP contribution in [0.25, 0.3) is 0 Å². The average Bonchev–Trinajstić information content (AvgIpc) is 2.52. The third-order valence-corrected chi connectivity index (χ3v) is 7.72. The summed E-state index contributed by atoms with van der Waals surface area (Å²) >= 11 is 0. The Balaban J connectivity index is 2.21. The van der Waals surface area contributed by atoms with Crippen LogP contribution in [0.5, 0.6) is 0 Å². The van der Waals surface area contributed by atoms with Crippen molar-refractivity contribution in [3.05, 3.63) is 57.4 Å². The molecular weight excluding hydrogens is 353 g/mol. The highest BCUT2D eigenvalue weighted by atomic mass is 32.3. The van der Waals surface area contributed by atoms with E-state index in [4.69, 9.17) is 0 Å². The van der Waals surface area contributed by atoms with Gasteiger partial charge in [0.2, 0.25) is 0 Å². The van der Waals surface area contributed by atoms with Crippen LogP contribution in [-0.2, 0) is 0 Å². The molecule has 3 heteroatoms. The maximum absolute atomic E-state index is 15.3. The van der Waals surface area contributed by atoms with Gasteiger partial charge in [-0.25, -0.2) is 14.4 Å². The second-order valence-electron chi connectivity index (χ2n) is 10.4. The van der Waals surface area contributed by atoms with Crippen molar-refractivity contribution in [1.29, 1.82) is 0 Å². The molecule has 0 spiro atoms. The molecule has 0 bridgehead atoms. The van der Waals surface area contributed by atoms with Crippen LogP contribution < -0.4 is 0 Å². The van der Waals surface area contributed by atoms with E-state index in [1.807, 2.05) is 13.0 Å². The molecule has 3 atom stereocenters. The standard InChI is InChI=1S/C24H36FNS/c1-15-10-11-19-16(2)17(3)26-14-21(27(7,8)9)18(13-24(4,5)6)12-20(26)22(19)23(15)25/h10-12,14,16-17,20H,13H2,1-9H3. The van der Waals surface area contributed by atoms with Gasteiger partial charge >= 0.3 is 0 Å². The highest BCUT2D eigenvalue weighted by Gasteiger charge is 2.40. The molecule has 3 rings (SSSR count). The molecule has 0 aromatic heterocycles. The fourth-order valence-electron chi connectivity index (χ4n) is 4.46. The summed E-state index contributed by atoms with van der Waals surface area (Å²) in [5.41, 5.74) is 4.45. The lowest BCUT2D eigenvalue weighted by molar-refractivity contribution is 0.195. The number of nitrogens with zero attached hydrogens (tertiary/aromatic N) is 1. The van der Waals surface area contributed by atoms with E-state index >= 15 is 4.39 Å². The molecule has 1 aromatic rings. The monoisotopic (exact) mass is 389 g/mol. The van der Waals surface area contributed by atoms with Crippen LogP contribution in [0.3, 0.4) is 0 Å². The summed E-state index contributed by atoms with van der Waals surface area (Å²) in [6.07, 6.45) is 12.9. The SMILES string of the molecule is Cc1ccc2c(c1F)C1C=C(CC(C)(C)C)C(S(C)(C)C)=CN1C(C)C2C. The lowest BCUT2D eigenvalue weighted by Gasteiger charge is -2.49. The van der Waals surface area contributed by atoms with Gasteiger partial charge in [0.15, 0.2) is 0 Å². The predicted molar refractivity (Wildman–Crippen MR) is 119 cm³/mol. The van der Waals surface area contributed by atoms with E-state index < -0.39 is 10.0 Å². The Hall–Kier alpha value is -1.22. The van der Waals surface area contributed by atoms with E-state index in [1.54, 1.807) is 0 Å². The highest BCUT2D eigenvalue weighted by Crippen LogP contribution is 2.55. The molecule has 1 aromatic carbocycles. The van der Waals surface area contributed by atoms with Crippen LogP contribution in [0.1, 0.15) is 69.7 Å². The van der Waals surface area contributed by atoms with Gasteiger partial charge in [0.05, 0.1) is 6.04 Å². The van der Waals surface area contributed by atoms with Crippen molar-refractivity contribution in [3.63, 3.8) is 0 Å². The van der Waals surface area contributed by atoms with Crippen LogP contribution in [0, 0.1) is 18.2 Å². The molecule has 0 N–H and O–H groups in total. The minimum Gasteiger partial charge on any atom is -0.363 e. The first-order chi connectivity index (χ1) is 12.3. The maximum atomic E-state index is 15.3. The lowest BCUT2D eigenvalue weighted by Crippen LogP contribution is -2.42. The Morgan fingerprint density at radius 1 is 1.11 bits per heavy atom. The third kappa shape index (κ3) is 3.72. The minimum atomic E-state index is -0.877. The zero-order valence-corrected chi connectivity index (χ0v) is 19.3. The summed E-state index contributed by atoms with van der Waals surface area (Å²) in [6, 6.07) is 4.45. The van der Waals surface area contributed by atoms with E-state index in [-0.39, 0.29) is 17.3 Å². The molecule has 27 heavy (non-hydrogen) atoms. The molecule has 150 valence electrons. The van der Waals surface area contributed by atoms with Gasteiger partial charge in [-0.05, 0) is 61.2 Å². The fraction of sp³-hybridized carbons (Fsp3) is 0.583. The van der Waals surface area contributed by atoms with Crippen molar-refractivity contribution in [3.8, 4) is 0 Å². The molecule has 0 radical (unpaired) electrons. The van der Waals surface area contributed by atoms with Crippen molar-refractivity contribution < 1.29 is 4.39 Å². The molecule has 3 unspecified atom stereocenters. The quantitative estimate of drug-likeness (QED) is 0.532. The Bertz CT molecular complexity index is 807. The van der Waals surface area contributed by atoms with Crippen molar-refractivity contribution in [2.24, 2.45) is 5.41 Å². The molecule has 1 nitrogen and oxygen atoms in total. The number of aryl methyl sites for hydroxylation is 1. The van der Waals surface area contributed by atoms with Gasteiger partial charge in [-0.2, -0.15) is 0 Å². The summed E-state index contributed by atoms with van der Waals surface area (Å²) in [5.74, 6) is 0.295. The zero-order chi connectivity index (χ0) is 20.3. The molecule has 2 aliphatic heterocycles. The number of halogens is 1. The molecule has 0 aliphatic carbocycles. The van der Waals surface area contributed by atoms with Gasteiger partial charge in [-0.15, -0.1) is 0 Å². The van der Waals surface area contributed by atoms with E-state index in [0.717, 1.165) is 17.5 Å². The third-order valence-electron chi connectivity index (χ3n) is 6.03. The second kappa shape index (κ2) is 6.69. The molecule has 0 saturated heterocycles. The van der Waals surface area contributed by atoms with Crippen molar-refractivity contribution in [2.75, 3.05) is 18.8 Å². The smallest absolute Gasteiger partial charge is 0.131 e. The Kier molecular flexibility index (Phi) is 5.08. The minimum absolute atomic E-state index is 0.00829. The van der Waals surface area contributed by atoms with E-state index in [0.29, 0.717) is 12.0 Å². The first kappa shape index (κ1) is 20.5. The molecule has 2 heterocycles. The summed E-state index contributed by atoms with van der Waals surface area (Å²) in [6.45, 7) is 13.3. The van der Waals surface area contributed by atoms with Gasteiger partial charge in [0, 0.05) is 28.6 Å². The van der Waals surface area contributed by atoms with Crippen LogP contribution in [0.2, 0.25) is 0 Å². The first-order valence-electron chi connectivity index (χ1n) is 9.99. The van der Waals surface area contributed by atoms with E-state index in [2.05, 4.69) is 76.6 Å². The Morgan fingerprint density at radius 3 is 2.30 bits per heavy atom. The first-order valence-corrected chi connectivity index (χ1v) is 12.8. The van der Waals surface area contributed by atoms with Gasteiger partial charge < -0.3 is 4.90 Å². The number of hydrogen-bond donors (Lipinski definition) is 0. The summed E-state index contributed by atoms with van der Waals surface area (Å²) < 4.78 is 15.3. The Morgan fingerprint density at radius 2 is 1.74 bits per heavy atom. The number of allylic oxidation sites excluding steroid dienone is 1. The van der Waals surface area contributed by atoms with E-state index in [9.17, 15) is 0 Å². The van der Waals surface area contributed by atoms with Crippen LogP contribution in [0.4, 0.5) is 4.39 Å². The molecular formula is C24H36FNS. The summed E-state index contributed by atoms with van der Waals surface area (Å²) in [7, 11) is -0.877. The van der Waals surface area contributed by atoms with Gasteiger partial charge in [0.1, 0.15) is 5.82 Å². The topological polar surface area (TPSA) is 3.24 Å². The van der Waals surface area contributed by atoms with Crippen molar-refractivity contribution >= 4 is 10.0 Å². The van der Waals surface area contributed by atoms with Crippen LogP contribution in [-0.4, -0.2) is 29.7 Å². The van der Waals surface area contributed by atoms with Gasteiger partial charge in [0.25, 0.3) is 0 Å². The van der Waals surface area contributed by atoms with Crippen molar-refractivity contribution in [1.82, 2.24) is 4.90 Å². The van der Waals surface area contributed by atoms with Crippen LogP contribution in [0.15, 0.2) is 34.9 Å². The molecule has 0 saturated carbocycles. The normalized spacial score (nSPS) is 26.1. The predicted octanol–water partition coefficient (Wildman–Crippen LogP) is 6.89. The Labute approximate surface area is 167 Å². The molecule has 0 amide bonds. The number of rotatable bonds is 2. The zero-order valence-electron chi connectivity index (χ0n) is 18.5. The lowest BCUT2D eigenvalue weighted by atomic mass is 9.78. The van der Waals surface area contributed by atoms with Crippen LogP contribution >= 0.6 is 10.0 Å². The average molecular weight is 390 g/mol. The summed E-state index contributed by atoms with van der Waals surface area (Å²) in [5, 5.41) is 0. The fourth-order valence-corrected chi connectivity index (χ4v) is 5.83.